The van der Waals surface area contributed by atoms with Gasteiger partial charge in [0.1, 0.15) is 82.3 Å². The Morgan fingerprint density at radius 3 is 1.37 bits per heavy atom. The number of methoxy groups -OCH3 is 2. The summed E-state index contributed by atoms with van der Waals surface area (Å²) in [5, 5.41) is 0. The van der Waals surface area contributed by atoms with E-state index in [1.807, 2.05) is 0 Å². The van der Waals surface area contributed by atoms with Crippen molar-refractivity contribution >= 4 is 48.3 Å². The highest BCUT2D eigenvalue weighted by atomic mass is 16.8. The molecule has 1 aliphatic rings. The maximum Gasteiger partial charge on any atom is 0.508 e. The molecule has 1 heterocycles. The maximum atomic E-state index is 13.0. The van der Waals surface area contributed by atoms with Gasteiger partial charge >= 0.3 is 48.3 Å². The Labute approximate surface area is 298 Å². The fourth-order valence-corrected chi connectivity index (χ4v) is 3.67. The lowest BCUT2D eigenvalue weighted by Crippen LogP contribution is -2.43. The van der Waals surface area contributed by atoms with Crippen LogP contribution in [0.5, 0.6) is 0 Å². The van der Waals surface area contributed by atoms with Crippen LogP contribution < -0.4 is 0 Å². The molecule has 4 atom stereocenters. The van der Waals surface area contributed by atoms with Crippen molar-refractivity contribution in [2.45, 2.75) is 40.7 Å². The van der Waals surface area contributed by atoms with E-state index in [9.17, 15) is 38.4 Å². The Hall–Kier alpha value is -4.92. The zero-order valence-corrected chi connectivity index (χ0v) is 30.1. The minimum absolute atomic E-state index is 0.0658. The fraction of sp³-hybridized carbons (Fsp3) is 0.742. The second-order valence-corrected chi connectivity index (χ2v) is 12.1. The van der Waals surface area contributed by atoms with Gasteiger partial charge in [-0.25, -0.2) is 14.4 Å². The van der Waals surface area contributed by atoms with E-state index in [0.29, 0.717) is 0 Å². The quantitative estimate of drug-likeness (QED) is 0.0797. The molecule has 0 amide bonds. The van der Waals surface area contributed by atoms with Crippen LogP contribution in [0.4, 0.5) is 14.4 Å². The lowest BCUT2D eigenvalue weighted by Gasteiger charge is -2.28. The smallest absolute Gasteiger partial charge is 0.465 e. The van der Waals surface area contributed by atoms with Gasteiger partial charge in [0, 0.05) is 28.1 Å². The number of cyclic esters (lactones) is 2. The molecule has 21 heteroatoms. The van der Waals surface area contributed by atoms with E-state index < -0.39 is 117 Å². The van der Waals surface area contributed by atoms with E-state index in [-0.39, 0.29) is 33.0 Å². The van der Waals surface area contributed by atoms with Gasteiger partial charge in [-0.3, -0.25) is 24.0 Å². The van der Waals surface area contributed by atoms with Crippen molar-refractivity contribution < 1.29 is 99.9 Å². The molecule has 1 fully saturated rings. The summed E-state index contributed by atoms with van der Waals surface area (Å²) in [6.07, 6.45) is -4.43. The van der Waals surface area contributed by atoms with Crippen molar-refractivity contribution in [1.82, 2.24) is 0 Å². The molecule has 0 N–H and O–H groups in total. The van der Waals surface area contributed by atoms with Crippen LogP contribution in [0.25, 0.3) is 0 Å². The first-order valence-corrected chi connectivity index (χ1v) is 15.6. The summed E-state index contributed by atoms with van der Waals surface area (Å²) in [6, 6.07) is 0. The molecule has 0 bridgehead atoms. The summed E-state index contributed by atoms with van der Waals surface area (Å²) in [4.78, 5) is 97.1. The first kappa shape index (κ1) is 45.1. The summed E-state index contributed by atoms with van der Waals surface area (Å²) in [7, 11) is 2.72. The van der Waals surface area contributed by atoms with Crippen molar-refractivity contribution in [3.8, 4) is 0 Å². The van der Waals surface area contributed by atoms with Gasteiger partial charge in [0.2, 0.25) is 0 Å². The highest BCUT2D eigenvalue weighted by Gasteiger charge is 2.42. The van der Waals surface area contributed by atoms with E-state index in [0.717, 1.165) is 6.92 Å². The molecule has 1 aliphatic heterocycles. The van der Waals surface area contributed by atoms with Gasteiger partial charge < -0.3 is 61.6 Å². The lowest BCUT2D eigenvalue weighted by atomic mass is 9.93. The van der Waals surface area contributed by atoms with Crippen LogP contribution in [0.2, 0.25) is 0 Å². The van der Waals surface area contributed by atoms with Crippen LogP contribution in [0, 0.1) is 16.2 Å². The number of hydrogen-bond acceptors (Lipinski definition) is 21. The molecule has 0 spiro atoms. The fourth-order valence-electron chi connectivity index (χ4n) is 3.67. The Morgan fingerprint density at radius 1 is 0.558 bits per heavy atom. The normalized spacial score (nSPS) is 16.9. The highest BCUT2D eigenvalue weighted by molar-refractivity contribution is 5.79. The van der Waals surface area contributed by atoms with Crippen molar-refractivity contribution in [3.05, 3.63) is 0 Å². The highest BCUT2D eigenvalue weighted by Crippen LogP contribution is 2.24. The van der Waals surface area contributed by atoms with Crippen molar-refractivity contribution in [2.75, 3.05) is 93.5 Å². The van der Waals surface area contributed by atoms with E-state index in [1.165, 1.54) is 41.9 Å². The molecule has 0 aromatic heterocycles. The van der Waals surface area contributed by atoms with Crippen LogP contribution in [0.3, 0.4) is 0 Å². The Bertz CT molecular complexity index is 1250. The summed E-state index contributed by atoms with van der Waals surface area (Å²) in [5.41, 5.74) is -5.00. The maximum absolute atomic E-state index is 13.0. The minimum Gasteiger partial charge on any atom is -0.465 e. The predicted octanol–water partition coefficient (Wildman–Crippen LogP) is 0.896. The van der Waals surface area contributed by atoms with E-state index in [1.54, 1.807) is 0 Å². The summed E-state index contributed by atoms with van der Waals surface area (Å²) in [6.45, 7) is 1.23. The molecular weight excluding hydrogens is 708 g/mol. The molecule has 0 saturated carbocycles. The van der Waals surface area contributed by atoms with E-state index in [2.05, 4.69) is 4.74 Å². The van der Waals surface area contributed by atoms with Crippen LogP contribution in [-0.2, 0) is 85.6 Å². The number of hydrogen-bond donors (Lipinski definition) is 0. The van der Waals surface area contributed by atoms with Gasteiger partial charge in [-0.15, -0.1) is 0 Å². The number of carbonyl (C=O) groups is 8. The number of carbonyl (C=O) groups excluding carboxylic acids is 8. The molecule has 4 unspecified atom stereocenters. The van der Waals surface area contributed by atoms with Gasteiger partial charge in [-0.05, 0) is 20.8 Å². The molecule has 0 aromatic rings. The third-order valence-electron chi connectivity index (χ3n) is 6.76. The predicted molar refractivity (Wildman–Crippen MR) is 165 cm³/mol. The van der Waals surface area contributed by atoms with Gasteiger partial charge in [0.25, 0.3) is 0 Å². The van der Waals surface area contributed by atoms with E-state index >= 15 is 0 Å². The minimum atomic E-state index is -1.85. The molecule has 1 rings (SSSR count). The third-order valence-corrected chi connectivity index (χ3v) is 6.76. The topological polar surface area (TPSA) is 257 Å². The zero-order chi connectivity index (χ0) is 39.4. The van der Waals surface area contributed by atoms with Crippen LogP contribution in [0.1, 0.15) is 34.6 Å². The van der Waals surface area contributed by atoms with Crippen molar-refractivity contribution in [2.24, 2.45) is 16.2 Å². The first-order valence-electron chi connectivity index (χ1n) is 15.6. The first-order chi connectivity index (χ1) is 24.4. The zero-order valence-electron chi connectivity index (χ0n) is 30.1. The van der Waals surface area contributed by atoms with Crippen LogP contribution in [0.15, 0.2) is 0 Å². The van der Waals surface area contributed by atoms with E-state index in [4.69, 9.17) is 56.8 Å². The van der Waals surface area contributed by atoms with Gasteiger partial charge in [0.05, 0.1) is 13.2 Å². The molecular formula is C31H46O21. The molecule has 21 nitrogen and oxygen atoms in total. The molecule has 0 aromatic carbocycles. The summed E-state index contributed by atoms with van der Waals surface area (Å²) in [5.74, 6) is -4.26. The van der Waals surface area contributed by atoms with Crippen LogP contribution in [-0.4, -0.2) is 148 Å². The monoisotopic (exact) mass is 754 g/mol. The Balaban J connectivity index is 2.86. The van der Waals surface area contributed by atoms with Gasteiger partial charge in [-0.2, -0.15) is 0 Å². The molecule has 52 heavy (non-hydrogen) atoms. The standard InChI is InChI=1S/C31H46O21/c1-20(32)47-15-29(3,14-41-7)23(34)42-10-11-43-24(35)30(4,16-48-21(2)33)17-50-27(38)51-19-31(5,18-49-26(37)44-9-8-40-6)25(36)45-12-22-13-46-28(39)52-22/h22H,8-19H2,1-7H3. The second-order valence-electron chi connectivity index (χ2n) is 12.1. The number of esters is 5. The van der Waals surface area contributed by atoms with Gasteiger partial charge in [-0.1, -0.05) is 0 Å². The molecule has 1 saturated heterocycles. The average molecular weight is 755 g/mol. The molecule has 0 aliphatic carbocycles. The largest absolute Gasteiger partial charge is 0.508 e. The number of rotatable bonds is 23. The average Bonchev–Trinajstić information content (AvgIpc) is 3.52. The van der Waals surface area contributed by atoms with Crippen molar-refractivity contribution in [3.63, 3.8) is 0 Å². The third kappa shape index (κ3) is 16.4. The Kier molecular flexibility index (Phi) is 19.2. The van der Waals surface area contributed by atoms with Gasteiger partial charge in [0.15, 0.2) is 6.10 Å². The van der Waals surface area contributed by atoms with Crippen molar-refractivity contribution in [1.29, 1.82) is 0 Å². The van der Waals surface area contributed by atoms with Crippen LogP contribution >= 0.6 is 0 Å². The Morgan fingerprint density at radius 2 is 0.962 bits per heavy atom. The lowest BCUT2D eigenvalue weighted by molar-refractivity contribution is -0.174. The second kappa shape index (κ2) is 22.1. The molecule has 0 radical (unpaired) electrons. The molecule has 296 valence electrons. The number of ether oxygens (including phenoxy) is 13. The summed E-state index contributed by atoms with van der Waals surface area (Å²) >= 11 is 0. The summed E-state index contributed by atoms with van der Waals surface area (Å²) < 4.78 is 64.5. The SMILES string of the molecule is COCCOC(=O)OCC(C)(COC(=O)OCC(C)(COC(C)=O)C(=O)OCCOC(=O)C(C)(COC)COC(C)=O)C(=O)OCC1COC(=O)O1.